The average molecular weight is 430 g/mol. The van der Waals surface area contributed by atoms with Gasteiger partial charge in [-0.3, -0.25) is 14.6 Å². The van der Waals surface area contributed by atoms with Crippen LogP contribution in [0.3, 0.4) is 0 Å². The third-order valence-electron chi connectivity index (χ3n) is 5.94. The number of nitrogens with zero attached hydrogens (tertiary/aromatic N) is 3. The number of hydrogen-bond acceptors (Lipinski definition) is 4. The van der Waals surface area contributed by atoms with E-state index in [0.717, 1.165) is 62.0 Å². The lowest BCUT2D eigenvalue weighted by molar-refractivity contribution is -0.118. The Labute approximate surface area is 190 Å². The molecule has 166 valence electrons. The number of carbonyl (C=O) groups is 1. The summed E-state index contributed by atoms with van der Waals surface area (Å²) >= 11 is 0. The molecule has 32 heavy (non-hydrogen) atoms. The summed E-state index contributed by atoms with van der Waals surface area (Å²) < 4.78 is 5.51. The van der Waals surface area contributed by atoms with E-state index in [1.807, 2.05) is 77.7 Å². The zero-order valence-electron chi connectivity index (χ0n) is 18.7. The van der Waals surface area contributed by atoms with Gasteiger partial charge in [0.25, 0.3) is 0 Å². The molecular formula is C27H31N3O2. The highest BCUT2D eigenvalue weighted by Gasteiger charge is 2.21. The second kappa shape index (κ2) is 10.8. The fourth-order valence-corrected chi connectivity index (χ4v) is 4.26. The minimum absolute atomic E-state index is 0.134. The predicted molar refractivity (Wildman–Crippen MR) is 131 cm³/mol. The molecule has 0 aliphatic carbocycles. The minimum atomic E-state index is 0.134. The number of anilines is 3. The first-order chi connectivity index (χ1) is 15.8. The van der Waals surface area contributed by atoms with Crippen molar-refractivity contribution in [3.63, 3.8) is 0 Å². The number of rotatable bonds is 8. The smallest absolute Gasteiger partial charge is 0.231 e. The van der Waals surface area contributed by atoms with Crippen LogP contribution in [0.4, 0.5) is 17.1 Å². The molecule has 0 radical (unpaired) electrons. The van der Waals surface area contributed by atoms with E-state index < -0.39 is 0 Å². The van der Waals surface area contributed by atoms with Crippen LogP contribution in [0.1, 0.15) is 12.8 Å². The molecule has 0 N–H and O–H groups in total. The lowest BCUT2D eigenvalue weighted by atomic mass is 10.1. The lowest BCUT2D eigenvalue weighted by Gasteiger charge is -2.36. The van der Waals surface area contributed by atoms with Crippen molar-refractivity contribution in [2.24, 2.45) is 0 Å². The van der Waals surface area contributed by atoms with Gasteiger partial charge in [0.15, 0.2) is 0 Å². The van der Waals surface area contributed by atoms with E-state index in [0.29, 0.717) is 6.42 Å². The first-order valence-electron chi connectivity index (χ1n) is 11.3. The van der Waals surface area contributed by atoms with Crippen LogP contribution in [0, 0.1) is 0 Å². The maximum atomic E-state index is 13.2. The second-order valence-corrected chi connectivity index (χ2v) is 8.00. The van der Waals surface area contributed by atoms with Gasteiger partial charge >= 0.3 is 0 Å². The molecule has 0 saturated carbocycles. The number of ether oxygens (including phenoxy) is 1. The Morgan fingerprint density at radius 2 is 1.38 bits per heavy atom. The van der Waals surface area contributed by atoms with Gasteiger partial charge in [-0.25, -0.2) is 0 Å². The summed E-state index contributed by atoms with van der Waals surface area (Å²) in [5.41, 5.74) is 2.98. The van der Waals surface area contributed by atoms with E-state index in [1.54, 1.807) is 7.11 Å². The SMILES string of the molecule is COc1ccccc1N1CCN(CCCC(=O)N(c2ccccc2)c2ccccc2)CC1. The molecule has 3 aromatic carbocycles. The Morgan fingerprint density at radius 1 is 0.812 bits per heavy atom. The second-order valence-electron chi connectivity index (χ2n) is 8.00. The van der Waals surface area contributed by atoms with E-state index >= 15 is 0 Å². The monoisotopic (exact) mass is 429 g/mol. The van der Waals surface area contributed by atoms with Gasteiger partial charge in [0, 0.05) is 44.0 Å². The number of amides is 1. The van der Waals surface area contributed by atoms with Crippen LogP contribution in [0.5, 0.6) is 5.75 Å². The summed E-state index contributed by atoms with van der Waals surface area (Å²) in [5.74, 6) is 1.06. The minimum Gasteiger partial charge on any atom is -0.495 e. The Hall–Kier alpha value is -3.31. The van der Waals surface area contributed by atoms with Crippen LogP contribution < -0.4 is 14.5 Å². The molecule has 4 rings (SSSR count). The van der Waals surface area contributed by atoms with Gasteiger partial charge < -0.3 is 9.64 Å². The van der Waals surface area contributed by atoms with Gasteiger partial charge in [-0.2, -0.15) is 0 Å². The van der Waals surface area contributed by atoms with Crippen molar-refractivity contribution < 1.29 is 9.53 Å². The fraction of sp³-hybridized carbons (Fsp3) is 0.296. The molecular weight excluding hydrogens is 398 g/mol. The molecule has 1 aliphatic heterocycles. The van der Waals surface area contributed by atoms with E-state index in [9.17, 15) is 4.79 Å². The Kier molecular flexibility index (Phi) is 7.41. The number of benzene rings is 3. The number of piperazine rings is 1. The third-order valence-corrected chi connectivity index (χ3v) is 5.94. The molecule has 1 heterocycles. The van der Waals surface area contributed by atoms with Crippen molar-refractivity contribution in [2.45, 2.75) is 12.8 Å². The van der Waals surface area contributed by atoms with Gasteiger partial charge in [0.2, 0.25) is 5.91 Å². The molecule has 1 amide bonds. The molecule has 0 spiro atoms. The topological polar surface area (TPSA) is 36.0 Å². The van der Waals surface area contributed by atoms with E-state index in [4.69, 9.17) is 4.74 Å². The highest BCUT2D eigenvalue weighted by Crippen LogP contribution is 2.29. The molecule has 1 fully saturated rings. The molecule has 1 saturated heterocycles. The van der Waals surface area contributed by atoms with Crippen LogP contribution in [-0.2, 0) is 4.79 Å². The van der Waals surface area contributed by atoms with Gasteiger partial charge in [0.05, 0.1) is 12.8 Å². The van der Waals surface area contributed by atoms with Crippen molar-refractivity contribution in [1.29, 1.82) is 0 Å². The highest BCUT2D eigenvalue weighted by atomic mass is 16.5. The van der Waals surface area contributed by atoms with E-state index in [1.165, 1.54) is 0 Å². The summed E-state index contributed by atoms with van der Waals surface area (Å²) in [6, 6.07) is 28.0. The summed E-state index contributed by atoms with van der Waals surface area (Å²) in [4.78, 5) is 19.8. The number of carbonyl (C=O) groups excluding carboxylic acids is 1. The molecule has 0 aromatic heterocycles. The number of methoxy groups -OCH3 is 1. The van der Waals surface area contributed by atoms with Crippen LogP contribution in [0.25, 0.3) is 0 Å². The maximum Gasteiger partial charge on any atom is 0.231 e. The van der Waals surface area contributed by atoms with Crippen LogP contribution >= 0.6 is 0 Å². The molecule has 0 atom stereocenters. The third kappa shape index (κ3) is 5.29. The Morgan fingerprint density at radius 3 is 1.97 bits per heavy atom. The first kappa shape index (κ1) is 21.9. The fourth-order valence-electron chi connectivity index (χ4n) is 4.26. The zero-order chi connectivity index (χ0) is 22.2. The van der Waals surface area contributed by atoms with E-state index in [-0.39, 0.29) is 5.91 Å². The summed E-state index contributed by atoms with van der Waals surface area (Å²) in [6.07, 6.45) is 1.38. The van der Waals surface area contributed by atoms with Gasteiger partial charge in [-0.15, -0.1) is 0 Å². The van der Waals surface area contributed by atoms with Gasteiger partial charge in [0.1, 0.15) is 5.75 Å². The largest absolute Gasteiger partial charge is 0.495 e. The lowest BCUT2D eigenvalue weighted by Crippen LogP contribution is -2.46. The quantitative estimate of drug-likeness (QED) is 0.507. The van der Waals surface area contributed by atoms with Crippen LogP contribution in [0.2, 0.25) is 0 Å². The Bertz CT molecular complexity index is 947. The van der Waals surface area contributed by atoms with Gasteiger partial charge in [-0.05, 0) is 49.4 Å². The highest BCUT2D eigenvalue weighted by molar-refractivity contribution is 6.00. The predicted octanol–water partition coefficient (Wildman–Crippen LogP) is 4.96. The van der Waals surface area contributed by atoms with E-state index in [2.05, 4.69) is 21.9 Å². The zero-order valence-corrected chi connectivity index (χ0v) is 18.7. The summed E-state index contributed by atoms with van der Waals surface area (Å²) in [7, 11) is 1.72. The maximum absolute atomic E-state index is 13.2. The molecule has 5 nitrogen and oxygen atoms in total. The standard InChI is InChI=1S/C27H31N3O2/c1-32-26-16-9-8-15-25(26)29-21-19-28(20-22-29)18-10-17-27(31)30(23-11-4-2-5-12-23)24-13-6-3-7-14-24/h2-9,11-16H,10,17-22H2,1H3. The molecule has 1 aliphatic rings. The normalized spacial score (nSPS) is 14.2. The molecule has 0 bridgehead atoms. The van der Waals surface area contributed by atoms with Crippen molar-refractivity contribution in [2.75, 3.05) is 49.6 Å². The van der Waals surface area contributed by atoms with Crippen molar-refractivity contribution in [3.05, 3.63) is 84.9 Å². The molecule has 3 aromatic rings. The summed E-state index contributed by atoms with van der Waals surface area (Å²) in [5, 5.41) is 0. The van der Waals surface area contributed by atoms with Crippen molar-refractivity contribution >= 4 is 23.0 Å². The average Bonchev–Trinajstić information content (AvgIpc) is 2.86. The number of hydrogen-bond donors (Lipinski definition) is 0. The van der Waals surface area contributed by atoms with Crippen LogP contribution in [0.15, 0.2) is 84.9 Å². The van der Waals surface area contributed by atoms with Crippen LogP contribution in [-0.4, -0.2) is 50.6 Å². The summed E-state index contributed by atoms with van der Waals surface area (Å²) in [6.45, 7) is 4.85. The molecule has 5 heteroatoms. The van der Waals surface area contributed by atoms with Crippen molar-refractivity contribution in [3.8, 4) is 5.75 Å². The van der Waals surface area contributed by atoms with Gasteiger partial charge in [-0.1, -0.05) is 48.5 Å². The molecule has 0 unspecified atom stereocenters. The number of para-hydroxylation sites is 4. The Balaban J connectivity index is 1.31. The van der Waals surface area contributed by atoms with Crippen molar-refractivity contribution in [1.82, 2.24) is 4.90 Å². The first-order valence-corrected chi connectivity index (χ1v) is 11.3.